The summed E-state index contributed by atoms with van der Waals surface area (Å²) in [6.07, 6.45) is 1.11. The van der Waals surface area contributed by atoms with Crippen molar-refractivity contribution in [3.63, 3.8) is 0 Å². The van der Waals surface area contributed by atoms with Gasteiger partial charge in [0.25, 0.3) is 0 Å². The van der Waals surface area contributed by atoms with Crippen LogP contribution in [0, 0.1) is 11.7 Å². The van der Waals surface area contributed by atoms with Gasteiger partial charge in [0, 0.05) is 22.6 Å². The number of thioether (sulfide) groups is 1. The monoisotopic (exact) mass is 267 g/mol. The SMILES string of the molecule is CCCNC1c2cccc(F)c2CSC1C(C)C. The fraction of sp³-hybridized carbons (Fsp3) is 0.600. The minimum Gasteiger partial charge on any atom is -0.309 e. The molecule has 0 aliphatic carbocycles. The van der Waals surface area contributed by atoms with E-state index < -0.39 is 0 Å². The third-order valence-electron chi connectivity index (χ3n) is 3.51. The van der Waals surface area contributed by atoms with E-state index in [0.29, 0.717) is 11.2 Å². The second-order valence-corrected chi connectivity index (χ2v) is 6.43. The number of nitrogens with one attached hydrogen (secondary N) is 1. The van der Waals surface area contributed by atoms with E-state index in [9.17, 15) is 4.39 Å². The van der Waals surface area contributed by atoms with E-state index in [1.54, 1.807) is 6.07 Å². The van der Waals surface area contributed by atoms with Crippen molar-refractivity contribution in [1.82, 2.24) is 5.32 Å². The predicted molar refractivity (Wildman–Crippen MR) is 77.4 cm³/mol. The van der Waals surface area contributed by atoms with Crippen LogP contribution >= 0.6 is 11.8 Å². The number of fused-ring (bicyclic) bond motifs is 1. The quantitative estimate of drug-likeness (QED) is 0.880. The highest BCUT2D eigenvalue weighted by Crippen LogP contribution is 2.41. The number of rotatable bonds is 4. The summed E-state index contributed by atoms with van der Waals surface area (Å²) in [6.45, 7) is 7.66. The van der Waals surface area contributed by atoms with Gasteiger partial charge < -0.3 is 5.32 Å². The van der Waals surface area contributed by atoms with Gasteiger partial charge in [0.2, 0.25) is 0 Å². The molecule has 0 spiro atoms. The van der Waals surface area contributed by atoms with Gasteiger partial charge in [-0.05, 0) is 30.5 Å². The topological polar surface area (TPSA) is 12.0 Å². The molecule has 1 aliphatic heterocycles. The lowest BCUT2D eigenvalue weighted by atomic mass is 9.92. The van der Waals surface area contributed by atoms with Gasteiger partial charge in [-0.3, -0.25) is 0 Å². The van der Waals surface area contributed by atoms with E-state index in [0.717, 1.165) is 24.3 Å². The lowest BCUT2D eigenvalue weighted by molar-refractivity contribution is 0.435. The van der Waals surface area contributed by atoms with Gasteiger partial charge in [0.1, 0.15) is 5.82 Å². The van der Waals surface area contributed by atoms with Crippen molar-refractivity contribution in [2.45, 2.75) is 44.2 Å². The molecule has 3 heteroatoms. The third-order valence-corrected chi connectivity index (χ3v) is 5.17. The molecule has 1 aliphatic rings. The Morgan fingerprint density at radius 3 is 2.89 bits per heavy atom. The minimum absolute atomic E-state index is 0.0505. The number of benzene rings is 1. The molecule has 1 aromatic rings. The number of hydrogen-bond acceptors (Lipinski definition) is 2. The van der Waals surface area contributed by atoms with E-state index in [2.05, 4.69) is 32.2 Å². The molecule has 0 saturated heterocycles. The first-order valence-corrected chi connectivity index (χ1v) is 7.82. The summed E-state index contributed by atoms with van der Waals surface area (Å²) in [5.41, 5.74) is 2.06. The van der Waals surface area contributed by atoms with Crippen LogP contribution in [0.4, 0.5) is 4.39 Å². The highest BCUT2D eigenvalue weighted by molar-refractivity contribution is 7.99. The molecule has 1 heterocycles. The molecular formula is C15H22FNS. The molecule has 0 radical (unpaired) electrons. The average Bonchev–Trinajstić information content (AvgIpc) is 2.36. The molecule has 1 aromatic carbocycles. The van der Waals surface area contributed by atoms with Crippen molar-refractivity contribution >= 4 is 11.8 Å². The number of halogens is 1. The third kappa shape index (κ3) is 2.72. The standard InChI is InChI=1S/C15H22FNS/c1-4-8-17-14-11-6-5-7-13(16)12(11)9-18-15(14)10(2)3/h5-7,10,14-15,17H,4,8-9H2,1-3H3. The molecule has 1 nitrogen and oxygen atoms in total. The van der Waals surface area contributed by atoms with E-state index in [1.165, 1.54) is 5.56 Å². The molecule has 0 amide bonds. The van der Waals surface area contributed by atoms with Gasteiger partial charge in [-0.2, -0.15) is 11.8 Å². The van der Waals surface area contributed by atoms with Crippen molar-refractivity contribution in [2.24, 2.45) is 5.92 Å². The first-order valence-electron chi connectivity index (χ1n) is 6.77. The molecular weight excluding hydrogens is 245 g/mol. The van der Waals surface area contributed by atoms with Crippen molar-refractivity contribution < 1.29 is 4.39 Å². The van der Waals surface area contributed by atoms with Crippen molar-refractivity contribution in [2.75, 3.05) is 6.54 Å². The minimum atomic E-state index is -0.0505. The predicted octanol–water partition coefficient (Wildman–Crippen LogP) is 4.14. The van der Waals surface area contributed by atoms with Crippen molar-refractivity contribution in [1.29, 1.82) is 0 Å². The summed E-state index contributed by atoms with van der Waals surface area (Å²) >= 11 is 1.88. The van der Waals surface area contributed by atoms with Crippen LogP contribution in [0.3, 0.4) is 0 Å². The van der Waals surface area contributed by atoms with Gasteiger partial charge in [-0.25, -0.2) is 4.39 Å². The Morgan fingerprint density at radius 2 is 2.22 bits per heavy atom. The second kappa shape index (κ2) is 6.07. The zero-order chi connectivity index (χ0) is 13.1. The lowest BCUT2D eigenvalue weighted by Gasteiger charge is -2.36. The van der Waals surface area contributed by atoms with Crippen molar-refractivity contribution in [3.05, 3.63) is 35.1 Å². The van der Waals surface area contributed by atoms with E-state index in [1.807, 2.05) is 17.8 Å². The highest BCUT2D eigenvalue weighted by atomic mass is 32.2. The molecule has 18 heavy (non-hydrogen) atoms. The highest BCUT2D eigenvalue weighted by Gasteiger charge is 2.32. The molecule has 2 atom stereocenters. The Hall–Kier alpha value is -0.540. The summed E-state index contributed by atoms with van der Waals surface area (Å²) in [7, 11) is 0. The summed E-state index contributed by atoms with van der Waals surface area (Å²) in [6, 6.07) is 5.78. The van der Waals surface area contributed by atoms with E-state index >= 15 is 0 Å². The molecule has 0 bridgehead atoms. The summed E-state index contributed by atoms with van der Waals surface area (Å²) in [4.78, 5) is 0. The fourth-order valence-corrected chi connectivity index (χ4v) is 4.06. The zero-order valence-corrected chi connectivity index (χ0v) is 12.2. The van der Waals surface area contributed by atoms with Crippen LogP contribution in [0.25, 0.3) is 0 Å². The first-order chi connectivity index (χ1) is 8.65. The molecule has 2 unspecified atom stereocenters. The van der Waals surface area contributed by atoms with Gasteiger partial charge in [0.15, 0.2) is 0 Å². The Kier molecular flexibility index (Phi) is 4.68. The zero-order valence-electron chi connectivity index (χ0n) is 11.4. The Morgan fingerprint density at radius 1 is 1.44 bits per heavy atom. The molecule has 0 saturated carbocycles. The maximum Gasteiger partial charge on any atom is 0.127 e. The second-order valence-electron chi connectivity index (χ2n) is 5.26. The van der Waals surface area contributed by atoms with Gasteiger partial charge in [-0.15, -0.1) is 0 Å². The summed E-state index contributed by atoms with van der Waals surface area (Å²) < 4.78 is 13.9. The Labute approximate surface area is 114 Å². The van der Waals surface area contributed by atoms with Crippen LogP contribution in [-0.2, 0) is 5.75 Å². The van der Waals surface area contributed by atoms with E-state index in [4.69, 9.17) is 0 Å². The molecule has 0 aromatic heterocycles. The van der Waals surface area contributed by atoms with Crippen LogP contribution in [0.2, 0.25) is 0 Å². The normalized spacial score (nSPS) is 23.2. The van der Waals surface area contributed by atoms with Crippen molar-refractivity contribution in [3.8, 4) is 0 Å². The van der Waals surface area contributed by atoms with Crippen LogP contribution in [0.15, 0.2) is 18.2 Å². The lowest BCUT2D eigenvalue weighted by Crippen LogP contribution is -2.37. The Balaban J connectivity index is 2.32. The van der Waals surface area contributed by atoms with Gasteiger partial charge in [0.05, 0.1) is 0 Å². The molecule has 2 rings (SSSR count). The largest absolute Gasteiger partial charge is 0.309 e. The molecule has 0 fully saturated rings. The maximum atomic E-state index is 13.9. The van der Waals surface area contributed by atoms with Crippen LogP contribution in [0.5, 0.6) is 0 Å². The van der Waals surface area contributed by atoms with Crippen LogP contribution in [0.1, 0.15) is 44.4 Å². The van der Waals surface area contributed by atoms with Gasteiger partial charge >= 0.3 is 0 Å². The smallest absolute Gasteiger partial charge is 0.127 e. The van der Waals surface area contributed by atoms with Gasteiger partial charge in [-0.1, -0.05) is 32.9 Å². The Bertz CT molecular complexity index is 405. The fourth-order valence-electron chi connectivity index (χ4n) is 2.58. The van der Waals surface area contributed by atoms with E-state index in [-0.39, 0.29) is 11.9 Å². The van der Waals surface area contributed by atoms with Crippen LogP contribution in [-0.4, -0.2) is 11.8 Å². The summed E-state index contributed by atoms with van der Waals surface area (Å²) in [5.74, 6) is 1.35. The summed E-state index contributed by atoms with van der Waals surface area (Å²) in [5, 5.41) is 4.13. The molecule has 1 N–H and O–H groups in total. The van der Waals surface area contributed by atoms with Crippen LogP contribution < -0.4 is 5.32 Å². The average molecular weight is 267 g/mol. The molecule has 100 valence electrons. The first kappa shape index (κ1) is 13.9. The number of hydrogen-bond donors (Lipinski definition) is 1. The maximum absolute atomic E-state index is 13.9.